The molecule has 0 aliphatic heterocycles. The van der Waals surface area contributed by atoms with Crippen LogP contribution < -0.4 is 4.74 Å². The molecule has 2 heterocycles. The van der Waals surface area contributed by atoms with Crippen molar-refractivity contribution in [3.8, 4) is 17.3 Å². The van der Waals surface area contributed by atoms with E-state index >= 15 is 0 Å². The molecule has 0 spiro atoms. The average molecular weight is 235 g/mol. The van der Waals surface area contributed by atoms with Gasteiger partial charge in [-0.15, -0.1) is 5.10 Å². The Morgan fingerprint density at radius 2 is 2.41 bits per heavy atom. The molecule has 0 amide bonds. The lowest BCUT2D eigenvalue weighted by Crippen LogP contribution is -2.12. The molecule has 0 aromatic carbocycles. The highest BCUT2D eigenvalue weighted by molar-refractivity contribution is 5.68. The normalized spacial score (nSPS) is 10.2. The molecule has 2 aromatic heterocycles. The highest BCUT2D eigenvalue weighted by Crippen LogP contribution is 2.24. The molecular formula is C9H9N5O3. The zero-order valence-corrected chi connectivity index (χ0v) is 8.94. The molecule has 0 atom stereocenters. The molecule has 1 N–H and O–H groups in total. The van der Waals surface area contributed by atoms with Crippen molar-refractivity contribution in [2.45, 2.75) is 6.54 Å². The molecule has 2 rings (SSSR count). The predicted octanol–water partition coefficient (Wildman–Crippen LogP) is -0.172. The summed E-state index contributed by atoms with van der Waals surface area (Å²) in [6.45, 7) is -0.319. The van der Waals surface area contributed by atoms with E-state index < -0.39 is 5.97 Å². The van der Waals surface area contributed by atoms with E-state index in [2.05, 4.69) is 20.5 Å². The summed E-state index contributed by atoms with van der Waals surface area (Å²) in [4.78, 5) is 14.6. The van der Waals surface area contributed by atoms with Gasteiger partial charge in [-0.25, -0.2) is 9.67 Å². The Kier molecular flexibility index (Phi) is 2.95. The minimum atomic E-state index is -1.03. The second-order valence-corrected chi connectivity index (χ2v) is 3.11. The van der Waals surface area contributed by atoms with E-state index in [1.807, 2.05) is 0 Å². The fourth-order valence-corrected chi connectivity index (χ4v) is 1.36. The van der Waals surface area contributed by atoms with Gasteiger partial charge in [0.05, 0.1) is 12.7 Å². The Labute approximate surface area is 95.9 Å². The summed E-state index contributed by atoms with van der Waals surface area (Å²) in [6.07, 6.45) is 1.56. The van der Waals surface area contributed by atoms with Crippen LogP contribution >= 0.6 is 0 Å². The molecule has 0 aliphatic rings. The van der Waals surface area contributed by atoms with Crippen molar-refractivity contribution in [2.24, 2.45) is 0 Å². The number of carbonyl (C=O) groups is 1. The molecular weight excluding hydrogens is 226 g/mol. The van der Waals surface area contributed by atoms with Gasteiger partial charge in [0, 0.05) is 6.20 Å². The number of tetrazole rings is 1. The molecule has 0 radical (unpaired) electrons. The number of rotatable bonds is 4. The molecule has 17 heavy (non-hydrogen) atoms. The van der Waals surface area contributed by atoms with Crippen LogP contribution in [0, 0.1) is 0 Å². The summed E-state index contributed by atoms with van der Waals surface area (Å²) in [6, 6.07) is 3.40. The van der Waals surface area contributed by atoms with Crippen molar-refractivity contribution >= 4 is 5.97 Å². The zero-order valence-electron chi connectivity index (χ0n) is 8.94. The first kappa shape index (κ1) is 11.0. The van der Waals surface area contributed by atoms with Crippen LogP contribution in [0.5, 0.6) is 5.88 Å². The van der Waals surface area contributed by atoms with E-state index in [0.717, 1.165) is 0 Å². The van der Waals surface area contributed by atoms with Gasteiger partial charge < -0.3 is 9.84 Å². The first-order chi connectivity index (χ1) is 8.22. The second kappa shape index (κ2) is 4.56. The maximum absolute atomic E-state index is 10.6. The van der Waals surface area contributed by atoms with E-state index in [9.17, 15) is 4.79 Å². The molecule has 0 fully saturated rings. The summed E-state index contributed by atoms with van der Waals surface area (Å²) in [7, 11) is 1.47. The number of aliphatic carboxylic acids is 1. The summed E-state index contributed by atoms with van der Waals surface area (Å²) in [5, 5.41) is 19.5. The smallest absolute Gasteiger partial charge is 0.325 e. The Bertz CT molecular complexity index is 539. The number of hydrogen-bond acceptors (Lipinski definition) is 6. The number of nitrogens with zero attached hydrogens (tertiary/aromatic N) is 5. The third-order valence-electron chi connectivity index (χ3n) is 2.02. The third-order valence-corrected chi connectivity index (χ3v) is 2.02. The monoisotopic (exact) mass is 235 g/mol. The Balaban J connectivity index is 2.46. The Morgan fingerprint density at radius 1 is 1.59 bits per heavy atom. The fraction of sp³-hybridized carbons (Fsp3) is 0.222. The lowest BCUT2D eigenvalue weighted by Gasteiger charge is -2.05. The maximum atomic E-state index is 10.6. The van der Waals surface area contributed by atoms with Crippen LogP contribution in [-0.4, -0.2) is 43.4 Å². The van der Waals surface area contributed by atoms with Crippen LogP contribution in [0.25, 0.3) is 11.4 Å². The molecule has 0 saturated carbocycles. The molecule has 0 saturated heterocycles. The Hall–Kier alpha value is -2.51. The van der Waals surface area contributed by atoms with Crippen molar-refractivity contribution in [1.29, 1.82) is 0 Å². The van der Waals surface area contributed by atoms with Gasteiger partial charge in [-0.3, -0.25) is 4.79 Å². The number of carboxylic acids is 1. The van der Waals surface area contributed by atoms with E-state index in [4.69, 9.17) is 9.84 Å². The van der Waals surface area contributed by atoms with Gasteiger partial charge in [0.2, 0.25) is 5.88 Å². The van der Waals surface area contributed by atoms with E-state index in [1.165, 1.54) is 11.8 Å². The van der Waals surface area contributed by atoms with Crippen molar-refractivity contribution in [3.63, 3.8) is 0 Å². The minimum absolute atomic E-state index is 0.303. The SMILES string of the molecule is COc1ncccc1-c1nnnn1CC(=O)O. The number of hydrogen-bond donors (Lipinski definition) is 1. The number of aromatic nitrogens is 5. The standard InChI is InChI=1S/C9H9N5O3/c1-17-9-6(3-2-4-10-9)8-11-12-13-14(8)5-7(15)16/h2-4H,5H2,1H3,(H,15,16). The highest BCUT2D eigenvalue weighted by Gasteiger charge is 2.15. The van der Waals surface area contributed by atoms with Crippen molar-refractivity contribution in [3.05, 3.63) is 18.3 Å². The van der Waals surface area contributed by atoms with Crippen LogP contribution in [0.2, 0.25) is 0 Å². The number of ether oxygens (including phenoxy) is 1. The van der Waals surface area contributed by atoms with Gasteiger partial charge in [0.15, 0.2) is 5.82 Å². The predicted molar refractivity (Wildman–Crippen MR) is 55.2 cm³/mol. The zero-order chi connectivity index (χ0) is 12.3. The maximum Gasteiger partial charge on any atom is 0.325 e. The van der Waals surface area contributed by atoms with Gasteiger partial charge in [-0.2, -0.15) is 0 Å². The van der Waals surface area contributed by atoms with E-state index in [1.54, 1.807) is 18.3 Å². The number of methoxy groups -OCH3 is 1. The molecule has 0 bridgehead atoms. The summed E-state index contributed by atoms with van der Waals surface area (Å²) in [5.74, 6) is -0.382. The van der Waals surface area contributed by atoms with E-state index in [0.29, 0.717) is 17.3 Å². The number of carboxylic acid groups (broad SMARTS) is 1. The average Bonchev–Trinajstić information content (AvgIpc) is 2.76. The molecule has 2 aromatic rings. The largest absolute Gasteiger partial charge is 0.480 e. The highest BCUT2D eigenvalue weighted by atomic mass is 16.5. The topological polar surface area (TPSA) is 103 Å². The second-order valence-electron chi connectivity index (χ2n) is 3.11. The molecule has 88 valence electrons. The van der Waals surface area contributed by atoms with Crippen molar-refractivity contribution in [2.75, 3.05) is 7.11 Å². The lowest BCUT2D eigenvalue weighted by molar-refractivity contribution is -0.137. The first-order valence-corrected chi connectivity index (χ1v) is 4.69. The summed E-state index contributed by atoms with van der Waals surface area (Å²) >= 11 is 0. The molecule has 0 aliphatic carbocycles. The van der Waals surface area contributed by atoms with Crippen LogP contribution in [-0.2, 0) is 11.3 Å². The number of pyridine rings is 1. The van der Waals surface area contributed by atoms with Crippen LogP contribution in [0.4, 0.5) is 0 Å². The van der Waals surface area contributed by atoms with Crippen molar-refractivity contribution in [1.82, 2.24) is 25.2 Å². The van der Waals surface area contributed by atoms with Crippen molar-refractivity contribution < 1.29 is 14.6 Å². The molecule has 8 nitrogen and oxygen atoms in total. The van der Waals surface area contributed by atoms with Gasteiger partial charge in [0.1, 0.15) is 6.54 Å². The van der Waals surface area contributed by atoms with E-state index in [-0.39, 0.29) is 6.54 Å². The van der Waals surface area contributed by atoms with Crippen LogP contribution in [0.3, 0.4) is 0 Å². The van der Waals surface area contributed by atoms with Crippen LogP contribution in [0.1, 0.15) is 0 Å². The molecule has 8 heteroatoms. The van der Waals surface area contributed by atoms with Gasteiger partial charge in [-0.1, -0.05) is 0 Å². The van der Waals surface area contributed by atoms with Gasteiger partial charge >= 0.3 is 5.97 Å². The van der Waals surface area contributed by atoms with Gasteiger partial charge in [0.25, 0.3) is 0 Å². The third kappa shape index (κ3) is 2.19. The van der Waals surface area contributed by atoms with Crippen LogP contribution in [0.15, 0.2) is 18.3 Å². The minimum Gasteiger partial charge on any atom is -0.480 e. The summed E-state index contributed by atoms with van der Waals surface area (Å²) in [5.41, 5.74) is 0.543. The fourth-order valence-electron chi connectivity index (χ4n) is 1.36. The first-order valence-electron chi connectivity index (χ1n) is 4.69. The van der Waals surface area contributed by atoms with Gasteiger partial charge in [-0.05, 0) is 22.6 Å². The summed E-state index contributed by atoms with van der Waals surface area (Å²) < 4.78 is 6.23. The molecule has 0 unspecified atom stereocenters. The Morgan fingerprint density at radius 3 is 3.12 bits per heavy atom. The lowest BCUT2D eigenvalue weighted by atomic mass is 10.2. The quantitative estimate of drug-likeness (QED) is 0.784.